The van der Waals surface area contributed by atoms with E-state index in [9.17, 15) is 4.79 Å². The van der Waals surface area contributed by atoms with E-state index in [1.165, 1.54) is 20.4 Å². The van der Waals surface area contributed by atoms with Crippen molar-refractivity contribution in [2.24, 2.45) is 0 Å². The van der Waals surface area contributed by atoms with Gasteiger partial charge in [0.25, 0.3) is 5.91 Å². The molecule has 6 heteroatoms. The molecule has 6 nitrogen and oxygen atoms in total. The number of nitrogen functional groups attached to an aromatic ring is 1. The van der Waals surface area contributed by atoms with Crippen molar-refractivity contribution in [3.8, 4) is 11.5 Å². The molecule has 0 fully saturated rings. The van der Waals surface area contributed by atoms with E-state index in [0.29, 0.717) is 28.6 Å². The first-order valence-electron chi connectivity index (χ1n) is 6.31. The molecule has 0 aliphatic heterocycles. The van der Waals surface area contributed by atoms with Crippen molar-refractivity contribution in [2.75, 3.05) is 25.3 Å². The molecule has 1 aromatic carbocycles. The third kappa shape index (κ3) is 3.05. The fourth-order valence-corrected chi connectivity index (χ4v) is 1.97. The van der Waals surface area contributed by atoms with E-state index in [0.717, 1.165) is 5.56 Å². The molecule has 0 radical (unpaired) electrons. The summed E-state index contributed by atoms with van der Waals surface area (Å²) in [5.41, 5.74) is 7.28. The number of anilines is 2. The molecular weight excluding hydrogens is 270 g/mol. The van der Waals surface area contributed by atoms with Gasteiger partial charge in [-0.1, -0.05) is 6.07 Å². The molecule has 110 valence electrons. The van der Waals surface area contributed by atoms with Gasteiger partial charge in [-0.3, -0.25) is 4.79 Å². The second kappa shape index (κ2) is 6.13. The lowest BCUT2D eigenvalue weighted by Crippen LogP contribution is -2.16. The summed E-state index contributed by atoms with van der Waals surface area (Å²) in [4.78, 5) is 16.6. The predicted molar refractivity (Wildman–Crippen MR) is 80.9 cm³/mol. The standard InChI is InChI=1S/C15H17N3O3/c1-9-7-10(16)8-17-14(9)18-15(19)13-11(20-2)5-4-6-12(13)21-3/h4-8H,16H2,1-3H3,(H,17,18,19). The molecule has 0 aliphatic rings. The summed E-state index contributed by atoms with van der Waals surface area (Å²) in [6, 6.07) is 6.88. The summed E-state index contributed by atoms with van der Waals surface area (Å²) in [5.74, 6) is 0.951. The van der Waals surface area contributed by atoms with Crippen LogP contribution in [0.2, 0.25) is 0 Å². The Kier molecular flexibility index (Phi) is 4.27. The fourth-order valence-electron chi connectivity index (χ4n) is 1.97. The van der Waals surface area contributed by atoms with Crippen LogP contribution in [0, 0.1) is 6.92 Å². The van der Waals surface area contributed by atoms with E-state index >= 15 is 0 Å². The quantitative estimate of drug-likeness (QED) is 0.900. The van der Waals surface area contributed by atoms with Crippen molar-refractivity contribution in [3.05, 3.63) is 41.6 Å². The van der Waals surface area contributed by atoms with Gasteiger partial charge in [0.2, 0.25) is 0 Å². The average molecular weight is 287 g/mol. The van der Waals surface area contributed by atoms with Crippen molar-refractivity contribution in [1.82, 2.24) is 4.98 Å². The zero-order valence-electron chi connectivity index (χ0n) is 12.1. The van der Waals surface area contributed by atoms with Crippen LogP contribution in [0.1, 0.15) is 15.9 Å². The number of aromatic nitrogens is 1. The molecule has 2 rings (SSSR count). The van der Waals surface area contributed by atoms with Crippen LogP contribution < -0.4 is 20.5 Å². The van der Waals surface area contributed by atoms with Gasteiger partial charge in [0.15, 0.2) is 0 Å². The third-order valence-electron chi connectivity index (χ3n) is 2.99. The number of nitrogens with zero attached hydrogens (tertiary/aromatic N) is 1. The van der Waals surface area contributed by atoms with E-state index in [2.05, 4.69) is 10.3 Å². The molecule has 0 aliphatic carbocycles. The van der Waals surface area contributed by atoms with Crippen LogP contribution in [0.4, 0.5) is 11.5 Å². The van der Waals surface area contributed by atoms with E-state index < -0.39 is 0 Å². The maximum absolute atomic E-state index is 12.5. The minimum atomic E-state index is -0.357. The van der Waals surface area contributed by atoms with E-state index in [1.807, 2.05) is 6.92 Å². The molecule has 21 heavy (non-hydrogen) atoms. The number of carbonyl (C=O) groups is 1. The summed E-state index contributed by atoms with van der Waals surface area (Å²) >= 11 is 0. The normalized spacial score (nSPS) is 10.0. The van der Waals surface area contributed by atoms with Crippen LogP contribution in [-0.4, -0.2) is 25.1 Å². The van der Waals surface area contributed by atoms with Gasteiger partial charge in [0.05, 0.1) is 26.1 Å². The molecule has 3 N–H and O–H groups in total. The Morgan fingerprint density at radius 1 is 1.24 bits per heavy atom. The lowest BCUT2D eigenvalue weighted by atomic mass is 10.1. The van der Waals surface area contributed by atoms with Crippen LogP contribution in [0.3, 0.4) is 0 Å². The van der Waals surface area contributed by atoms with E-state index in [-0.39, 0.29) is 5.91 Å². The van der Waals surface area contributed by atoms with Crippen molar-refractivity contribution in [2.45, 2.75) is 6.92 Å². The highest BCUT2D eigenvalue weighted by molar-refractivity contribution is 6.08. The zero-order valence-corrected chi connectivity index (χ0v) is 12.1. The van der Waals surface area contributed by atoms with Gasteiger partial charge >= 0.3 is 0 Å². The van der Waals surface area contributed by atoms with Crippen LogP contribution in [0.25, 0.3) is 0 Å². The van der Waals surface area contributed by atoms with Gasteiger partial charge in [0.1, 0.15) is 22.9 Å². The highest BCUT2D eigenvalue weighted by Crippen LogP contribution is 2.29. The highest BCUT2D eigenvalue weighted by Gasteiger charge is 2.19. The number of hydrogen-bond acceptors (Lipinski definition) is 5. The Hall–Kier alpha value is -2.76. The second-order valence-corrected chi connectivity index (χ2v) is 4.43. The maximum Gasteiger partial charge on any atom is 0.264 e. The zero-order chi connectivity index (χ0) is 15.4. The van der Waals surface area contributed by atoms with Gasteiger partial charge in [-0.2, -0.15) is 0 Å². The Morgan fingerprint density at radius 3 is 2.38 bits per heavy atom. The van der Waals surface area contributed by atoms with Crippen LogP contribution >= 0.6 is 0 Å². The SMILES string of the molecule is COc1cccc(OC)c1C(=O)Nc1ncc(N)cc1C. The Bertz CT molecular complexity index is 649. The summed E-state index contributed by atoms with van der Waals surface area (Å²) in [7, 11) is 3.00. The smallest absolute Gasteiger partial charge is 0.264 e. The minimum Gasteiger partial charge on any atom is -0.496 e. The number of benzene rings is 1. The first-order valence-corrected chi connectivity index (χ1v) is 6.31. The number of amides is 1. The Morgan fingerprint density at radius 2 is 1.86 bits per heavy atom. The summed E-state index contributed by atoms with van der Waals surface area (Å²) < 4.78 is 10.4. The Labute approximate surface area is 122 Å². The molecule has 1 aromatic heterocycles. The molecule has 0 saturated heterocycles. The molecule has 0 atom stereocenters. The van der Waals surface area contributed by atoms with Gasteiger partial charge in [-0.05, 0) is 30.7 Å². The number of hydrogen-bond donors (Lipinski definition) is 2. The minimum absolute atomic E-state index is 0.320. The third-order valence-corrected chi connectivity index (χ3v) is 2.99. The molecule has 0 spiro atoms. The van der Waals surface area contributed by atoms with Gasteiger partial charge < -0.3 is 20.5 Å². The molecule has 1 amide bonds. The molecule has 0 bridgehead atoms. The van der Waals surface area contributed by atoms with E-state index in [4.69, 9.17) is 15.2 Å². The number of nitrogens with one attached hydrogen (secondary N) is 1. The number of methoxy groups -OCH3 is 2. The number of nitrogens with two attached hydrogens (primary N) is 1. The van der Waals surface area contributed by atoms with Crippen molar-refractivity contribution < 1.29 is 14.3 Å². The first kappa shape index (κ1) is 14.6. The highest BCUT2D eigenvalue weighted by atomic mass is 16.5. The monoisotopic (exact) mass is 287 g/mol. The summed E-state index contributed by atoms with van der Waals surface area (Å²) in [6.07, 6.45) is 1.49. The van der Waals surface area contributed by atoms with Crippen LogP contribution in [0.15, 0.2) is 30.5 Å². The van der Waals surface area contributed by atoms with Crippen molar-refractivity contribution in [1.29, 1.82) is 0 Å². The number of ether oxygens (including phenoxy) is 2. The lowest BCUT2D eigenvalue weighted by Gasteiger charge is -2.13. The lowest BCUT2D eigenvalue weighted by molar-refractivity contribution is 0.102. The number of carbonyl (C=O) groups excluding carboxylic acids is 1. The maximum atomic E-state index is 12.5. The summed E-state index contributed by atoms with van der Waals surface area (Å²) in [6.45, 7) is 1.82. The summed E-state index contributed by atoms with van der Waals surface area (Å²) in [5, 5.41) is 2.74. The molecular formula is C15H17N3O3. The number of aryl methyl sites for hydroxylation is 1. The largest absolute Gasteiger partial charge is 0.496 e. The van der Waals surface area contributed by atoms with E-state index in [1.54, 1.807) is 24.3 Å². The molecule has 2 aromatic rings. The van der Waals surface area contributed by atoms with Crippen molar-refractivity contribution >= 4 is 17.4 Å². The van der Waals surface area contributed by atoms with Gasteiger partial charge in [-0.15, -0.1) is 0 Å². The van der Waals surface area contributed by atoms with Crippen LogP contribution in [-0.2, 0) is 0 Å². The molecule has 1 heterocycles. The topological polar surface area (TPSA) is 86.5 Å². The second-order valence-electron chi connectivity index (χ2n) is 4.43. The molecule has 0 unspecified atom stereocenters. The van der Waals surface area contributed by atoms with Crippen LogP contribution in [0.5, 0.6) is 11.5 Å². The number of pyridine rings is 1. The van der Waals surface area contributed by atoms with Gasteiger partial charge in [0, 0.05) is 0 Å². The fraction of sp³-hybridized carbons (Fsp3) is 0.200. The predicted octanol–water partition coefficient (Wildman–Crippen LogP) is 2.24. The molecule has 0 saturated carbocycles. The average Bonchev–Trinajstić information content (AvgIpc) is 2.49. The van der Waals surface area contributed by atoms with Crippen molar-refractivity contribution in [3.63, 3.8) is 0 Å². The number of rotatable bonds is 4. The Balaban J connectivity index is 2.36. The first-order chi connectivity index (χ1) is 10.1. The van der Waals surface area contributed by atoms with Gasteiger partial charge in [-0.25, -0.2) is 4.98 Å².